The molecular weight excluding hydrogens is 758 g/mol. The lowest BCUT2D eigenvalue weighted by atomic mass is 9.85. The maximum absolute atomic E-state index is 14.2. The van der Waals surface area contributed by atoms with Crippen LogP contribution in [0.1, 0.15) is 47.7 Å². The average molecular weight is 793 g/mol. The summed E-state index contributed by atoms with van der Waals surface area (Å²) < 4.78 is 58.4. The number of nitrogens with zero attached hydrogens (tertiary/aromatic N) is 1. The van der Waals surface area contributed by atoms with E-state index in [1.807, 2.05) is 79.7 Å². The number of alkyl halides is 2. The number of ether oxygens (including phenoxy) is 1. The molecule has 49 heavy (non-hydrogen) atoms. The Bertz CT molecular complexity index is 2060. The minimum atomic E-state index is -5.68. The fraction of sp³-hybridized carbons (Fsp3) is 0.229. The first-order valence-corrected chi connectivity index (χ1v) is 20.3. The van der Waals surface area contributed by atoms with Gasteiger partial charge in [0.25, 0.3) is 0 Å². The quantitative estimate of drug-likeness (QED) is 0.0863. The molecule has 258 valence electrons. The van der Waals surface area contributed by atoms with Crippen molar-refractivity contribution in [1.82, 2.24) is 4.98 Å². The fourth-order valence-electron chi connectivity index (χ4n) is 5.76. The van der Waals surface area contributed by atoms with E-state index in [1.165, 1.54) is 30.0 Å². The van der Waals surface area contributed by atoms with Crippen LogP contribution in [0, 0.1) is 0 Å². The second-order valence-electron chi connectivity index (χ2n) is 11.5. The third kappa shape index (κ3) is 7.94. The second kappa shape index (κ2) is 14.8. The first kappa shape index (κ1) is 37.5. The van der Waals surface area contributed by atoms with Crippen LogP contribution >= 0.6 is 42.9 Å². The molecule has 14 heteroatoms. The van der Waals surface area contributed by atoms with Crippen LogP contribution in [0.2, 0.25) is 0 Å². The van der Waals surface area contributed by atoms with Gasteiger partial charge in [0.1, 0.15) is 5.60 Å². The van der Waals surface area contributed by atoms with Crippen molar-refractivity contribution in [2.24, 2.45) is 0 Å². The van der Waals surface area contributed by atoms with Crippen LogP contribution in [0.5, 0.6) is 0 Å². The summed E-state index contributed by atoms with van der Waals surface area (Å²) in [6, 6.07) is 28.0. The molecule has 5 aromatic rings. The van der Waals surface area contributed by atoms with Gasteiger partial charge in [-0.05, 0) is 58.5 Å². The smallest absolute Gasteiger partial charge is 0.367 e. The van der Waals surface area contributed by atoms with E-state index in [1.54, 1.807) is 7.11 Å². The summed E-state index contributed by atoms with van der Waals surface area (Å²) in [7, 11) is -8.82. The van der Waals surface area contributed by atoms with E-state index in [4.69, 9.17) is 19.5 Å². The molecule has 1 atom stereocenters. The van der Waals surface area contributed by atoms with E-state index >= 15 is 0 Å². The van der Waals surface area contributed by atoms with Crippen LogP contribution in [0.15, 0.2) is 102 Å². The highest BCUT2D eigenvalue weighted by Gasteiger charge is 2.51. The zero-order valence-electron chi connectivity index (χ0n) is 26.5. The van der Waals surface area contributed by atoms with E-state index in [9.17, 15) is 27.7 Å². The monoisotopic (exact) mass is 791 g/mol. The van der Waals surface area contributed by atoms with Gasteiger partial charge in [-0.15, -0.1) is 0 Å². The molecule has 1 unspecified atom stereocenters. The van der Waals surface area contributed by atoms with Crippen molar-refractivity contribution in [3.63, 3.8) is 0 Å². The van der Waals surface area contributed by atoms with Crippen molar-refractivity contribution in [2.45, 2.75) is 42.5 Å². The van der Waals surface area contributed by atoms with Crippen molar-refractivity contribution in [2.75, 3.05) is 7.11 Å². The van der Waals surface area contributed by atoms with Crippen LogP contribution < -0.4 is 5.30 Å². The highest BCUT2D eigenvalue weighted by molar-refractivity contribution is 9.10. The number of aromatic nitrogens is 1. The number of thioether (sulfide) groups is 1. The van der Waals surface area contributed by atoms with Gasteiger partial charge < -0.3 is 24.3 Å². The van der Waals surface area contributed by atoms with Gasteiger partial charge in [0.15, 0.2) is 0 Å². The minimum Gasteiger partial charge on any atom is -0.367 e. The zero-order chi connectivity index (χ0) is 35.6. The number of fused-ring (bicyclic) bond motifs is 1. The maximum Gasteiger partial charge on any atom is 0.399 e. The molecule has 0 fully saturated rings. The summed E-state index contributed by atoms with van der Waals surface area (Å²) in [5.74, 6) is 1.04. The van der Waals surface area contributed by atoms with Gasteiger partial charge in [0.2, 0.25) is 0 Å². The Morgan fingerprint density at radius 1 is 0.837 bits per heavy atom. The third-order valence-corrected chi connectivity index (χ3v) is 11.9. The van der Waals surface area contributed by atoms with Crippen LogP contribution in [0.25, 0.3) is 22.0 Å². The van der Waals surface area contributed by atoms with E-state index in [0.717, 1.165) is 29.2 Å². The molecule has 5 rings (SSSR count). The average Bonchev–Trinajstić information content (AvgIpc) is 3.06. The normalized spacial score (nSPS) is 13.8. The summed E-state index contributed by atoms with van der Waals surface area (Å²) in [5, 5.41) is 0.399. The fourth-order valence-corrected chi connectivity index (χ4v) is 8.81. The topological polar surface area (TPSA) is 137 Å². The number of methoxy groups -OCH3 is 1. The lowest BCUT2D eigenvalue weighted by Gasteiger charge is -2.33. The van der Waals surface area contributed by atoms with E-state index in [2.05, 4.69) is 15.9 Å². The first-order valence-electron chi connectivity index (χ1n) is 15.1. The molecule has 0 aliphatic heterocycles. The van der Waals surface area contributed by atoms with Crippen LogP contribution in [0.3, 0.4) is 0 Å². The van der Waals surface area contributed by atoms with E-state index in [0.29, 0.717) is 40.1 Å². The number of hydrogen-bond acceptors (Lipinski definition) is 5. The molecular formula is C35H34BrF2NO7P2S. The van der Waals surface area contributed by atoms with E-state index < -0.39 is 32.0 Å². The van der Waals surface area contributed by atoms with Crippen LogP contribution in [-0.2, 0) is 36.6 Å². The molecule has 0 saturated heterocycles. The van der Waals surface area contributed by atoms with Crippen LogP contribution in [-0.4, -0.2) is 31.7 Å². The Morgan fingerprint density at radius 2 is 1.49 bits per heavy atom. The van der Waals surface area contributed by atoms with Gasteiger partial charge in [-0.1, -0.05) is 102 Å². The van der Waals surface area contributed by atoms with Crippen molar-refractivity contribution in [3.05, 3.63) is 129 Å². The summed E-state index contributed by atoms with van der Waals surface area (Å²) in [5.41, 5.74) is -1.29. The standard InChI is InChI=1S/C35H34BrF2NO7P2S/c1-3-17-34(46-2,28-7-5-4-6-8-28)32-16-14-26-19-27(20-31(33(26)39-32)47(40,41)42)25-12-9-23(10-13-25)21-49-22-24-11-15-29(30(36)18-24)35(37,38)48(43,44)45/h4-16,18-20H,3,17,21-22H2,1-2H3,(H2,40,41,42)(H2,43,44,45). The molecule has 0 saturated carbocycles. The Morgan fingerprint density at radius 3 is 2.08 bits per heavy atom. The van der Waals surface area contributed by atoms with Crippen molar-refractivity contribution in [1.29, 1.82) is 0 Å². The Hall–Kier alpha value is -2.76. The largest absolute Gasteiger partial charge is 0.399 e. The second-order valence-corrected chi connectivity index (χ2v) is 16.6. The van der Waals surface area contributed by atoms with Crippen molar-refractivity contribution < 1.29 is 42.2 Å². The third-order valence-electron chi connectivity index (χ3n) is 8.24. The predicted octanol–water partition coefficient (Wildman–Crippen LogP) is 8.82. The van der Waals surface area contributed by atoms with E-state index in [-0.39, 0.29) is 15.3 Å². The lowest BCUT2D eigenvalue weighted by molar-refractivity contribution is 0.0104. The maximum atomic E-state index is 14.2. The number of rotatable bonds is 13. The van der Waals surface area contributed by atoms with Gasteiger partial charge in [-0.2, -0.15) is 20.5 Å². The lowest BCUT2D eigenvalue weighted by Crippen LogP contribution is -2.31. The SMILES string of the molecule is CCCC(OC)(c1ccccc1)c1ccc2cc(-c3ccc(CSCc4ccc(C(F)(F)P(=O)(O)O)c(Br)c4)cc3)cc(P(=O)(O)O)c2n1. The van der Waals surface area contributed by atoms with Crippen molar-refractivity contribution in [3.8, 4) is 11.1 Å². The molecule has 0 aliphatic carbocycles. The Labute approximate surface area is 295 Å². The number of pyridine rings is 1. The number of halogens is 3. The predicted molar refractivity (Wildman–Crippen MR) is 193 cm³/mol. The Kier molecular flexibility index (Phi) is 11.4. The molecule has 0 radical (unpaired) electrons. The summed E-state index contributed by atoms with van der Waals surface area (Å²) in [6.07, 6.45) is 1.40. The van der Waals surface area contributed by atoms with Crippen LogP contribution in [0.4, 0.5) is 8.78 Å². The van der Waals surface area contributed by atoms with Gasteiger partial charge in [-0.3, -0.25) is 9.13 Å². The molecule has 0 amide bonds. The molecule has 8 nitrogen and oxygen atoms in total. The summed E-state index contributed by atoms with van der Waals surface area (Å²) >= 11 is 4.53. The highest BCUT2D eigenvalue weighted by Crippen LogP contribution is 2.60. The molecule has 0 bridgehead atoms. The number of benzene rings is 4. The highest BCUT2D eigenvalue weighted by atomic mass is 79.9. The van der Waals surface area contributed by atoms with Crippen molar-refractivity contribution >= 4 is 59.1 Å². The van der Waals surface area contributed by atoms with Gasteiger partial charge >= 0.3 is 20.9 Å². The minimum absolute atomic E-state index is 0.0880. The number of hydrogen-bond donors (Lipinski definition) is 4. The molecule has 0 spiro atoms. The van der Waals surface area contributed by atoms with Gasteiger partial charge in [-0.25, -0.2) is 4.98 Å². The molecule has 0 aliphatic rings. The summed E-state index contributed by atoms with van der Waals surface area (Å²) in [6.45, 7) is 2.04. The Balaban J connectivity index is 1.38. The van der Waals surface area contributed by atoms with Gasteiger partial charge in [0.05, 0.1) is 16.5 Å². The molecule has 4 N–H and O–H groups in total. The molecule has 4 aromatic carbocycles. The van der Waals surface area contributed by atoms with Gasteiger partial charge in [0, 0.05) is 34.0 Å². The summed E-state index contributed by atoms with van der Waals surface area (Å²) in [4.78, 5) is 43.8. The zero-order valence-corrected chi connectivity index (χ0v) is 30.7. The molecule has 1 heterocycles. The molecule has 1 aromatic heterocycles. The first-order chi connectivity index (χ1) is 23.1.